The van der Waals surface area contributed by atoms with Gasteiger partial charge in [-0.3, -0.25) is 9.59 Å². The summed E-state index contributed by atoms with van der Waals surface area (Å²) in [7, 11) is 0. The first-order chi connectivity index (χ1) is 13.2. The van der Waals surface area contributed by atoms with E-state index < -0.39 is 47.3 Å². The van der Waals surface area contributed by atoms with E-state index in [-0.39, 0.29) is 23.5 Å². The van der Waals surface area contributed by atoms with Crippen molar-refractivity contribution in [2.24, 2.45) is 0 Å². The molecule has 0 spiro atoms. The molecule has 0 saturated carbocycles. The van der Waals surface area contributed by atoms with E-state index in [0.29, 0.717) is 0 Å². The quantitative estimate of drug-likeness (QED) is 0.359. The lowest BCUT2D eigenvalue weighted by molar-refractivity contribution is -0.345. The number of carbonyl (C=O) groups excluding carboxylic acids is 2. The van der Waals surface area contributed by atoms with E-state index in [0.717, 1.165) is 13.8 Å². The van der Waals surface area contributed by atoms with Crippen LogP contribution in [0.25, 0.3) is 0 Å². The molecule has 0 atom stereocenters. The van der Waals surface area contributed by atoms with Crippen molar-refractivity contribution < 1.29 is 44.7 Å². The van der Waals surface area contributed by atoms with Crippen molar-refractivity contribution in [1.29, 1.82) is 0 Å². The highest BCUT2D eigenvalue weighted by Crippen LogP contribution is 2.53. The van der Waals surface area contributed by atoms with E-state index in [1.165, 1.54) is 27.7 Å². The molecule has 0 bridgehead atoms. The number of carbonyl (C=O) groups is 2. The monoisotopic (exact) mass is 452 g/mol. The Morgan fingerprint density at radius 3 is 1.07 bits per heavy atom. The van der Waals surface area contributed by atoms with Gasteiger partial charge >= 0.3 is 23.7 Å². The predicted octanol–water partition coefficient (Wildman–Crippen LogP) is 4.47. The van der Waals surface area contributed by atoms with Crippen LogP contribution in [0.2, 0.25) is 0 Å². The molecule has 0 aromatic heterocycles. The lowest BCUT2D eigenvalue weighted by Gasteiger charge is -2.34. The molecule has 0 aromatic carbocycles. The molecule has 0 unspecified atom stereocenters. The van der Waals surface area contributed by atoms with Crippen LogP contribution >= 0.6 is 0 Å². The van der Waals surface area contributed by atoms with Gasteiger partial charge in [0.15, 0.2) is 0 Å². The topological polar surface area (TPSA) is 58.2 Å². The highest BCUT2D eigenvalue weighted by molar-refractivity contribution is 5.99. The predicted molar refractivity (Wildman–Crippen MR) is 93.9 cm³/mol. The first-order valence-corrected chi connectivity index (χ1v) is 8.71. The summed E-state index contributed by atoms with van der Waals surface area (Å²) >= 11 is 0. The standard InChI is InChI=1S/C18H24F8N2O2/c1-9(2)27-11(5)7-13(29)15(19,20)17(23,24)18(25,26)16(21,22)14(30)8-12(6)28-10(3)4/h7-10,27-28H,1-6H3/b11-7-,12-8-. The van der Waals surface area contributed by atoms with Gasteiger partial charge in [-0.2, -0.15) is 35.1 Å². The maximum absolute atomic E-state index is 13.9. The van der Waals surface area contributed by atoms with Crippen LogP contribution in [-0.2, 0) is 9.59 Å². The minimum atomic E-state index is -6.88. The van der Waals surface area contributed by atoms with E-state index in [9.17, 15) is 44.7 Å². The van der Waals surface area contributed by atoms with Crippen molar-refractivity contribution in [3.63, 3.8) is 0 Å². The smallest absolute Gasteiger partial charge is 0.386 e. The van der Waals surface area contributed by atoms with Gasteiger partial charge in [-0.25, -0.2) is 0 Å². The molecule has 0 aliphatic rings. The molecule has 0 amide bonds. The number of halogens is 8. The summed E-state index contributed by atoms with van der Waals surface area (Å²) in [5.74, 6) is -31.9. The average molecular weight is 452 g/mol. The largest absolute Gasteiger partial charge is 0.386 e. The first-order valence-electron chi connectivity index (χ1n) is 8.71. The van der Waals surface area contributed by atoms with Gasteiger partial charge in [0.1, 0.15) is 0 Å². The molecular weight excluding hydrogens is 428 g/mol. The lowest BCUT2D eigenvalue weighted by atomic mass is 9.93. The summed E-state index contributed by atoms with van der Waals surface area (Å²) in [5, 5.41) is 4.76. The van der Waals surface area contributed by atoms with Crippen LogP contribution in [0, 0.1) is 0 Å². The molecule has 174 valence electrons. The number of alkyl halides is 8. The zero-order valence-corrected chi connectivity index (χ0v) is 17.1. The van der Waals surface area contributed by atoms with E-state index in [1.807, 2.05) is 0 Å². The summed E-state index contributed by atoms with van der Waals surface area (Å²) in [6.07, 6.45) is -0.193. The van der Waals surface area contributed by atoms with Crippen LogP contribution in [0.4, 0.5) is 35.1 Å². The molecule has 30 heavy (non-hydrogen) atoms. The summed E-state index contributed by atoms with van der Waals surface area (Å²) in [4.78, 5) is 23.0. The minimum absolute atomic E-state index is 0.0967. The van der Waals surface area contributed by atoms with Crippen LogP contribution in [0.1, 0.15) is 41.5 Å². The van der Waals surface area contributed by atoms with E-state index in [2.05, 4.69) is 10.6 Å². The molecule has 2 N–H and O–H groups in total. The molecule has 0 heterocycles. The van der Waals surface area contributed by atoms with Gasteiger partial charge in [-0.1, -0.05) is 0 Å². The Labute approximate surface area is 168 Å². The highest BCUT2D eigenvalue weighted by atomic mass is 19.4. The summed E-state index contributed by atoms with van der Waals surface area (Å²) in [5.41, 5.74) is -0.759. The van der Waals surface area contributed by atoms with Gasteiger partial charge in [0.25, 0.3) is 0 Å². The van der Waals surface area contributed by atoms with Crippen LogP contribution in [-0.4, -0.2) is 47.3 Å². The molecule has 0 rings (SSSR count). The number of rotatable bonds is 11. The average Bonchev–Trinajstić information content (AvgIpc) is 2.52. The molecule has 0 aliphatic heterocycles. The second kappa shape index (κ2) is 9.34. The SMILES string of the molecule is C/C(=C/C(=O)C(F)(F)C(F)(F)C(F)(F)C(F)(F)C(=O)/C=C(/C)NC(C)C)NC(C)C. The van der Waals surface area contributed by atoms with Gasteiger partial charge in [-0.05, 0) is 41.5 Å². The van der Waals surface area contributed by atoms with Crippen molar-refractivity contribution in [3.8, 4) is 0 Å². The Morgan fingerprint density at radius 1 is 0.633 bits per heavy atom. The molecule has 0 aliphatic carbocycles. The van der Waals surface area contributed by atoms with Crippen LogP contribution in [0.5, 0.6) is 0 Å². The number of hydrogen-bond acceptors (Lipinski definition) is 4. The molecule has 12 heteroatoms. The Bertz CT molecular complexity index is 653. The summed E-state index contributed by atoms with van der Waals surface area (Å²) < 4.78 is 111. The molecule has 0 fully saturated rings. The third-order valence-electron chi connectivity index (χ3n) is 3.53. The minimum Gasteiger partial charge on any atom is -0.386 e. The Hall–Kier alpha value is -2.14. The molecule has 0 saturated heterocycles. The van der Waals surface area contributed by atoms with Crippen molar-refractivity contribution in [1.82, 2.24) is 10.6 Å². The zero-order chi connectivity index (χ0) is 24.3. The zero-order valence-electron chi connectivity index (χ0n) is 17.1. The number of ketones is 2. The molecule has 0 aromatic rings. The van der Waals surface area contributed by atoms with Crippen molar-refractivity contribution in [2.75, 3.05) is 0 Å². The summed E-state index contributed by atoms with van der Waals surface area (Å²) in [6, 6.07) is -0.859. The number of nitrogens with one attached hydrogen (secondary N) is 2. The number of hydrogen-bond donors (Lipinski definition) is 2. The third kappa shape index (κ3) is 5.72. The maximum atomic E-state index is 13.9. The maximum Gasteiger partial charge on any atom is 0.386 e. The van der Waals surface area contributed by atoms with Gasteiger partial charge in [-0.15, -0.1) is 0 Å². The third-order valence-corrected chi connectivity index (χ3v) is 3.53. The second-order valence-electron chi connectivity index (χ2n) is 7.28. The Kier molecular flexibility index (Phi) is 8.67. The molecule has 4 nitrogen and oxygen atoms in total. The second-order valence-corrected chi connectivity index (χ2v) is 7.28. The Balaban J connectivity index is 6.08. The van der Waals surface area contributed by atoms with E-state index >= 15 is 0 Å². The highest BCUT2D eigenvalue weighted by Gasteiger charge is 2.83. The van der Waals surface area contributed by atoms with Gasteiger partial charge in [0, 0.05) is 35.6 Å². The molecular formula is C18H24F8N2O2. The fourth-order valence-electron chi connectivity index (χ4n) is 2.27. The fourth-order valence-corrected chi connectivity index (χ4v) is 2.27. The summed E-state index contributed by atoms with van der Waals surface area (Å²) in [6.45, 7) is 8.02. The first kappa shape index (κ1) is 27.9. The lowest BCUT2D eigenvalue weighted by Crippen LogP contribution is -2.66. The van der Waals surface area contributed by atoms with Crippen molar-refractivity contribution in [2.45, 2.75) is 77.3 Å². The van der Waals surface area contributed by atoms with Crippen LogP contribution in [0.15, 0.2) is 23.5 Å². The normalized spacial score (nSPS) is 14.9. The number of allylic oxidation sites excluding steroid dienone is 4. The van der Waals surface area contributed by atoms with Gasteiger partial charge in [0.2, 0.25) is 11.6 Å². The van der Waals surface area contributed by atoms with Crippen molar-refractivity contribution in [3.05, 3.63) is 23.5 Å². The molecule has 0 radical (unpaired) electrons. The van der Waals surface area contributed by atoms with Crippen LogP contribution < -0.4 is 10.6 Å². The van der Waals surface area contributed by atoms with Gasteiger partial charge in [0.05, 0.1) is 0 Å². The van der Waals surface area contributed by atoms with Gasteiger partial charge < -0.3 is 10.6 Å². The van der Waals surface area contributed by atoms with E-state index in [1.54, 1.807) is 0 Å². The fraction of sp³-hybridized carbons (Fsp3) is 0.667. The van der Waals surface area contributed by atoms with Crippen molar-refractivity contribution >= 4 is 11.6 Å². The van der Waals surface area contributed by atoms with Crippen LogP contribution in [0.3, 0.4) is 0 Å². The Morgan fingerprint density at radius 2 is 0.867 bits per heavy atom. The van der Waals surface area contributed by atoms with E-state index in [4.69, 9.17) is 0 Å².